The number of hydrogen-bond acceptors (Lipinski definition) is 5. The lowest BCUT2D eigenvalue weighted by Gasteiger charge is -2.11. The summed E-state index contributed by atoms with van der Waals surface area (Å²) in [5, 5.41) is 9.85. The molecule has 0 fully saturated rings. The number of aromatic nitrogens is 4. The van der Waals surface area contributed by atoms with Crippen LogP contribution in [0.3, 0.4) is 0 Å². The molecule has 0 bridgehead atoms. The molecule has 4 rings (SSSR count). The van der Waals surface area contributed by atoms with Gasteiger partial charge >= 0.3 is 0 Å². The molecular formula is C22H22N6O2S. The van der Waals surface area contributed by atoms with Crippen LogP contribution in [0.1, 0.15) is 26.9 Å². The molecule has 3 aromatic heterocycles. The third-order valence-corrected chi connectivity index (χ3v) is 5.75. The summed E-state index contributed by atoms with van der Waals surface area (Å²) in [6, 6.07) is 13.2. The van der Waals surface area contributed by atoms with E-state index < -0.39 is 5.91 Å². The lowest BCUT2D eigenvalue weighted by Crippen LogP contribution is -2.43. The number of carbonyl (C=O) groups is 2. The third kappa shape index (κ3) is 4.41. The molecule has 0 unspecified atom stereocenters. The molecule has 2 amide bonds. The molecule has 0 saturated carbocycles. The van der Waals surface area contributed by atoms with E-state index >= 15 is 0 Å². The molecule has 0 aliphatic carbocycles. The van der Waals surface area contributed by atoms with E-state index in [-0.39, 0.29) is 18.1 Å². The van der Waals surface area contributed by atoms with Gasteiger partial charge in [0.25, 0.3) is 11.8 Å². The van der Waals surface area contributed by atoms with Crippen LogP contribution in [0.4, 0.5) is 0 Å². The third-order valence-electron chi connectivity index (χ3n) is 4.98. The first-order valence-electron chi connectivity index (χ1n) is 9.71. The highest BCUT2D eigenvalue weighted by Crippen LogP contribution is 2.27. The second-order valence-corrected chi connectivity index (χ2v) is 8.22. The standard InChI is InChI=1S/C22H22N6O2S/c1-13-9-17(20-12-31-15(3)23-20)14(2)28(13)11-21(29)26-27-22(30)19-10-18(24-25-19)16-7-5-4-6-8-16/h4-10,12H,11H2,1-3H3,(H,24,25)(H,26,29)(H,27,30). The highest BCUT2D eigenvalue weighted by Gasteiger charge is 2.16. The van der Waals surface area contributed by atoms with E-state index in [4.69, 9.17) is 0 Å². The zero-order chi connectivity index (χ0) is 22.0. The summed E-state index contributed by atoms with van der Waals surface area (Å²) in [6.45, 7) is 5.95. The second kappa shape index (κ2) is 8.57. The largest absolute Gasteiger partial charge is 0.339 e. The van der Waals surface area contributed by atoms with Crippen LogP contribution in [0.15, 0.2) is 47.8 Å². The van der Waals surface area contributed by atoms with Crippen molar-refractivity contribution in [3.8, 4) is 22.5 Å². The Morgan fingerprint density at radius 2 is 1.84 bits per heavy atom. The minimum absolute atomic E-state index is 0.0826. The first-order chi connectivity index (χ1) is 14.9. The number of nitrogens with one attached hydrogen (secondary N) is 3. The number of hydrogen-bond donors (Lipinski definition) is 3. The average molecular weight is 435 g/mol. The number of benzene rings is 1. The van der Waals surface area contributed by atoms with Gasteiger partial charge in [-0.1, -0.05) is 30.3 Å². The molecule has 4 aromatic rings. The molecule has 158 valence electrons. The molecule has 31 heavy (non-hydrogen) atoms. The van der Waals surface area contributed by atoms with Crippen LogP contribution in [-0.4, -0.2) is 31.6 Å². The first kappa shape index (κ1) is 20.5. The lowest BCUT2D eigenvalue weighted by atomic mass is 10.1. The van der Waals surface area contributed by atoms with Gasteiger partial charge in [-0.25, -0.2) is 4.98 Å². The van der Waals surface area contributed by atoms with Crippen molar-refractivity contribution < 1.29 is 9.59 Å². The van der Waals surface area contributed by atoms with Crippen LogP contribution >= 0.6 is 11.3 Å². The van der Waals surface area contributed by atoms with Crippen molar-refractivity contribution in [3.05, 3.63) is 69.9 Å². The minimum Gasteiger partial charge on any atom is -0.339 e. The molecule has 3 heterocycles. The van der Waals surface area contributed by atoms with Crippen molar-refractivity contribution in [2.45, 2.75) is 27.3 Å². The highest BCUT2D eigenvalue weighted by atomic mass is 32.1. The molecule has 8 nitrogen and oxygen atoms in total. The van der Waals surface area contributed by atoms with Crippen molar-refractivity contribution in [2.75, 3.05) is 0 Å². The molecule has 0 aliphatic rings. The molecule has 0 atom stereocenters. The number of hydrazine groups is 1. The Hall–Kier alpha value is -3.72. The maximum absolute atomic E-state index is 12.4. The number of aryl methyl sites for hydroxylation is 2. The fourth-order valence-electron chi connectivity index (χ4n) is 3.36. The quantitative estimate of drug-likeness (QED) is 0.419. The molecule has 0 saturated heterocycles. The van der Waals surface area contributed by atoms with Crippen LogP contribution in [0.5, 0.6) is 0 Å². The van der Waals surface area contributed by atoms with Gasteiger partial charge < -0.3 is 4.57 Å². The normalized spacial score (nSPS) is 10.8. The number of amides is 2. The molecule has 0 radical (unpaired) electrons. The summed E-state index contributed by atoms with van der Waals surface area (Å²) in [5.74, 6) is -0.804. The Kier molecular flexibility index (Phi) is 5.68. The topological polar surface area (TPSA) is 105 Å². The van der Waals surface area contributed by atoms with Gasteiger partial charge in [-0.3, -0.25) is 25.5 Å². The van der Waals surface area contributed by atoms with Gasteiger partial charge in [-0.05, 0) is 32.9 Å². The fourth-order valence-corrected chi connectivity index (χ4v) is 3.98. The van der Waals surface area contributed by atoms with Crippen LogP contribution in [-0.2, 0) is 11.3 Å². The van der Waals surface area contributed by atoms with Crippen molar-refractivity contribution >= 4 is 23.2 Å². The SMILES string of the molecule is Cc1nc(-c2cc(C)n(CC(=O)NNC(=O)c3cc(-c4ccccc4)n[nH]3)c2C)cs1. The Bertz CT molecular complexity index is 1240. The van der Waals surface area contributed by atoms with Crippen molar-refractivity contribution in [1.82, 2.24) is 30.6 Å². The van der Waals surface area contributed by atoms with E-state index in [2.05, 4.69) is 26.0 Å². The zero-order valence-corrected chi connectivity index (χ0v) is 18.2. The van der Waals surface area contributed by atoms with Crippen molar-refractivity contribution in [3.63, 3.8) is 0 Å². The van der Waals surface area contributed by atoms with Crippen LogP contribution < -0.4 is 10.9 Å². The smallest absolute Gasteiger partial charge is 0.287 e. The van der Waals surface area contributed by atoms with Crippen LogP contribution in [0.25, 0.3) is 22.5 Å². The van der Waals surface area contributed by atoms with Gasteiger partial charge in [0, 0.05) is 27.9 Å². The highest BCUT2D eigenvalue weighted by molar-refractivity contribution is 7.09. The van der Waals surface area contributed by atoms with Crippen molar-refractivity contribution in [1.29, 1.82) is 0 Å². The van der Waals surface area contributed by atoms with Gasteiger partial charge in [0.15, 0.2) is 0 Å². The van der Waals surface area contributed by atoms with Gasteiger partial charge in [0.05, 0.1) is 16.4 Å². The Labute approximate surface area is 183 Å². The summed E-state index contributed by atoms with van der Waals surface area (Å²) < 4.78 is 1.90. The predicted molar refractivity (Wildman–Crippen MR) is 119 cm³/mol. The van der Waals surface area contributed by atoms with E-state index in [9.17, 15) is 9.59 Å². The maximum atomic E-state index is 12.4. The summed E-state index contributed by atoms with van der Waals surface area (Å²) in [6.07, 6.45) is 0. The van der Waals surface area contributed by atoms with Crippen LogP contribution in [0, 0.1) is 20.8 Å². The van der Waals surface area contributed by atoms with E-state index in [1.165, 1.54) is 0 Å². The van der Waals surface area contributed by atoms with E-state index in [0.29, 0.717) is 5.69 Å². The number of nitrogens with zero attached hydrogens (tertiary/aromatic N) is 3. The molecular weight excluding hydrogens is 412 g/mol. The molecule has 3 N–H and O–H groups in total. The van der Waals surface area contributed by atoms with E-state index in [0.717, 1.165) is 33.2 Å². The molecule has 0 aliphatic heterocycles. The first-order valence-corrected chi connectivity index (χ1v) is 10.6. The summed E-state index contributed by atoms with van der Waals surface area (Å²) in [4.78, 5) is 29.3. The number of H-pyrrole nitrogens is 1. The fraction of sp³-hybridized carbons (Fsp3) is 0.182. The summed E-state index contributed by atoms with van der Waals surface area (Å²) in [7, 11) is 0. The number of rotatable bonds is 5. The summed E-state index contributed by atoms with van der Waals surface area (Å²) in [5.41, 5.74) is 10.5. The second-order valence-electron chi connectivity index (χ2n) is 7.16. The molecule has 1 aromatic carbocycles. The molecule has 0 spiro atoms. The number of thiazole rings is 1. The Morgan fingerprint density at radius 3 is 2.55 bits per heavy atom. The maximum Gasteiger partial charge on any atom is 0.287 e. The number of aromatic amines is 1. The van der Waals surface area contributed by atoms with Gasteiger partial charge in [0.2, 0.25) is 0 Å². The van der Waals surface area contributed by atoms with E-state index in [1.807, 2.05) is 67.1 Å². The van der Waals surface area contributed by atoms with Crippen LogP contribution in [0.2, 0.25) is 0 Å². The van der Waals surface area contributed by atoms with Gasteiger partial charge in [0.1, 0.15) is 12.2 Å². The number of carbonyl (C=O) groups excluding carboxylic acids is 2. The van der Waals surface area contributed by atoms with Gasteiger partial charge in [-0.2, -0.15) is 5.10 Å². The van der Waals surface area contributed by atoms with E-state index in [1.54, 1.807) is 17.4 Å². The van der Waals surface area contributed by atoms with Crippen molar-refractivity contribution in [2.24, 2.45) is 0 Å². The van der Waals surface area contributed by atoms with Gasteiger partial charge in [-0.15, -0.1) is 11.3 Å². The Morgan fingerprint density at radius 1 is 1.06 bits per heavy atom. The predicted octanol–water partition coefficient (Wildman–Crippen LogP) is 3.39. The molecule has 9 heteroatoms. The zero-order valence-electron chi connectivity index (χ0n) is 17.4. The summed E-state index contributed by atoms with van der Waals surface area (Å²) >= 11 is 1.59. The minimum atomic E-state index is -0.470. The lowest BCUT2D eigenvalue weighted by molar-refractivity contribution is -0.122. The average Bonchev–Trinajstić information content (AvgIpc) is 3.49. The Balaban J connectivity index is 1.38. The monoisotopic (exact) mass is 434 g/mol.